The lowest BCUT2D eigenvalue weighted by Gasteiger charge is -2.34. The summed E-state index contributed by atoms with van der Waals surface area (Å²) in [6, 6.07) is 6.45. The van der Waals surface area contributed by atoms with Crippen molar-refractivity contribution in [3.05, 3.63) is 73.0 Å². The van der Waals surface area contributed by atoms with Crippen LogP contribution < -0.4 is 9.80 Å². The van der Waals surface area contributed by atoms with Crippen LogP contribution in [0.15, 0.2) is 61.6 Å². The largest absolute Gasteiger partial charge is 0.365 e. The number of fused-ring (bicyclic) bond motifs is 1. The van der Waals surface area contributed by atoms with Crippen molar-refractivity contribution in [3.63, 3.8) is 0 Å². The van der Waals surface area contributed by atoms with E-state index < -0.39 is 0 Å². The second kappa shape index (κ2) is 8.25. The van der Waals surface area contributed by atoms with Crippen molar-refractivity contribution >= 4 is 17.2 Å². The van der Waals surface area contributed by atoms with Gasteiger partial charge in [0.05, 0.1) is 42.7 Å². The van der Waals surface area contributed by atoms with Crippen LogP contribution in [-0.4, -0.2) is 65.3 Å². The first-order chi connectivity index (χ1) is 16.6. The van der Waals surface area contributed by atoms with Crippen LogP contribution in [0.3, 0.4) is 0 Å². The van der Waals surface area contributed by atoms with Gasteiger partial charge in [0.25, 0.3) is 0 Å². The topological polar surface area (TPSA) is 85.2 Å². The Kier molecular flexibility index (Phi) is 4.93. The van der Waals surface area contributed by atoms with Crippen molar-refractivity contribution in [2.45, 2.75) is 6.54 Å². The van der Waals surface area contributed by atoms with E-state index in [1.54, 1.807) is 34.0 Å². The Labute approximate surface area is 194 Å². The highest BCUT2D eigenvalue weighted by Gasteiger charge is 2.22. The summed E-state index contributed by atoms with van der Waals surface area (Å²) < 4.78 is 18.5. The lowest BCUT2D eigenvalue weighted by Crippen LogP contribution is -2.47. The van der Waals surface area contributed by atoms with Crippen molar-refractivity contribution in [1.29, 1.82) is 0 Å². The van der Waals surface area contributed by atoms with Crippen LogP contribution in [0.4, 0.5) is 16.0 Å². The van der Waals surface area contributed by atoms with Gasteiger partial charge in [-0.05, 0) is 17.7 Å². The molecule has 1 aliphatic heterocycles. The lowest BCUT2D eigenvalue weighted by atomic mass is 10.2. The fraction of sp³-hybridized carbons (Fsp3) is 0.261. The van der Waals surface area contributed by atoms with Crippen LogP contribution in [-0.2, 0) is 13.6 Å². The molecule has 172 valence electrons. The van der Waals surface area contributed by atoms with E-state index in [-0.39, 0.29) is 5.82 Å². The summed E-state index contributed by atoms with van der Waals surface area (Å²) >= 11 is 0. The summed E-state index contributed by atoms with van der Waals surface area (Å²) in [6.07, 6.45) is 11.2. The van der Waals surface area contributed by atoms with E-state index in [2.05, 4.69) is 35.1 Å². The highest BCUT2D eigenvalue weighted by atomic mass is 19.1. The molecular weight excluding hydrogens is 435 g/mol. The quantitative estimate of drug-likeness (QED) is 0.399. The molecule has 0 saturated carbocycles. The molecule has 1 aliphatic rings. The molecule has 0 amide bonds. The van der Waals surface area contributed by atoms with Gasteiger partial charge in [0.2, 0.25) is 5.95 Å². The third-order valence-electron chi connectivity index (χ3n) is 6.07. The Morgan fingerprint density at radius 1 is 0.882 bits per heavy atom. The average molecular weight is 459 g/mol. The molecule has 0 spiro atoms. The van der Waals surface area contributed by atoms with Gasteiger partial charge in [-0.15, -0.1) is 5.10 Å². The van der Waals surface area contributed by atoms with Crippen LogP contribution >= 0.6 is 0 Å². The molecule has 0 radical (unpaired) electrons. The summed E-state index contributed by atoms with van der Waals surface area (Å²) in [4.78, 5) is 13.6. The molecule has 11 heteroatoms. The van der Waals surface area contributed by atoms with Gasteiger partial charge in [-0.25, -0.2) is 18.6 Å². The molecule has 5 aromatic rings. The smallest absolute Gasteiger partial charge is 0.244 e. The number of nitrogens with zero attached hydrogens (tertiary/aromatic N) is 10. The Balaban J connectivity index is 1.12. The van der Waals surface area contributed by atoms with Gasteiger partial charge in [0.1, 0.15) is 17.7 Å². The highest BCUT2D eigenvalue weighted by molar-refractivity contribution is 5.73. The number of aromatic nitrogens is 8. The number of anilines is 2. The molecule has 1 aromatic carbocycles. The molecule has 10 nitrogen and oxygen atoms in total. The predicted octanol–water partition coefficient (Wildman–Crippen LogP) is 2.24. The van der Waals surface area contributed by atoms with E-state index in [1.807, 2.05) is 36.4 Å². The van der Waals surface area contributed by atoms with Gasteiger partial charge in [0.15, 0.2) is 0 Å². The van der Waals surface area contributed by atoms with Crippen LogP contribution in [0.1, 0.15) is 5.56 Å². The Hall–Kier alpha value is -4.28. The van der Waals surface area contributed by atoms with Crippen molar-refractivity contribution in [3.8, 4) is 11.3 Å². The Morgan fingerprint density at radius 2 is 1.68 bits per heavy atom. The zero-order valence-corrected chi connectivity index (χ0v) is 18.7. The normalized spacial score (nSPS) is 14.3. The molecule has 0 N–H and O–H groups in total. The van der Waals surface area contributed by atoms with E-state index in [4.69, 9.17) is 0 Å². The molecule has 0 unspecified atom stereocenters. The Bertz CT molecular complexity index is 1430. The molecule has 4 aromatic heterocycles. The van der Waals surface area contributed by atoms with Crippen LogP contribution in [0, 0.1) is 5.82 Å². The van der Waals surface area contributed by atoms with Crippen molar-refractivity contribution < 1.29 is 4.39 Å². The third kappa shape index (κ3) is 3.85. The number of rotatable bonds is 5. The Morgan fingerprint density at radius 3 is 2.44 bits per heavy atom. The van der Waals surface area contributed by atoms with E-state index in [0.29, 0.717) is 12.5 Å². The lowest BCUT2D eigenvalue weighted by molar-refractivity contribution is 0.620. The maximum atomic E-state index is 13.1. The van der Waals surface area contributed by atoms with Gasteiger partial charge in [-0.2, -0.15) is 10.2 Å². The minimum atomic E-state index is -0.239. The second-order valence-electron chi connectivity index (χ2n) is 8.38. The maximum absolute atomic E-state index is 13.1. The molecule has 5 heterocycles. The molecule has 1 fully saturated rings. The van der Waals surface area contributed by atoms with E-state index >= 15 is 0 Å². The van der Waals surface area contributed by atoms with Crippen molar-refractivity contribution in [2.24, 2.45) is 7.05 Å². The second-order valence-corrected chi connectivity index (χ2v) is 8.38. The average Bonchev–Trinajstić information content (AvgIpc) is 3.60. The molecule has 0 aliphatic carbocycles. The number of aryl methyl sites for hydroxylation is 1. The summed E-state index contributed by atoms with van der Waals surface area (Å²) in [7, 11) is 1.89. The van der Waals surface area contributed by atoms with E-state index in [0.717, 1.165) is 54.2 Å². The molecule has 1 saturated heterocycles. The van der Waals surface area contributed by atoms with Gasteiger partial charge in [-0.3, -0.25) is 9.67 Å². The zero-order chi connectivity index (χ0) is 23.1. The van der Waals surface area contributed by atoms with Gasteiger partial charge >= 0.3 is 0 Å². The third-order valence-corrected chi connectivity index (χ3v) is 6.07. The van der Waals surface area contributed by atoms with E-state index in [1.165, 1.54) is 12.1 Å². The van der Waals surface area contributed by atoms with Crippen LogP contribution in [0.2, 0.25) is 0 Å². The SMILES string of the molecule is Cn1cc(-c2cn3ncc(N4CCN(c5ncn(Cc6ccc(F)cc6)n5)CC4)c3cn2)cn1. The minimum absolute atomic E-state index is 0.239. The number of benzene rings is 1. The summed E-state index contributed by atoms with van der Waals surface area (Å²) in [6.45, 7) is 3.83. The molecule has 0 bridgehead atoms. The fourth-order valence-corrected chi connectivity index (χ4v) is 4.25. The number of hydrogen-bond acceptors (Lipinski definition) is 7. The van der Waals surface area contributed by atoms with Gasteiger partial charge < -0.3 is 9.80 Å². The molecule has 6 rings (SSSR count). The first kappa shape index (κ1) is 20.3. The van der Waals surface area contributed by atoms with Crippen LogP contribution in [0.5, 0.6) is 0 Å². The fourth-order valence-electron chi connectivity index (χ4n) is 4.25. The number of halogens is 1. The maximum Gasteiger partial charge on any atom is 0.244 e. The molecule has 34 heavy (non-hydrogen) atoms. The standard InChI is InChI=1S/C23H23FN10/c1-30-14-18(10-27-30)20-15-34-22(11-25-20)21(12-28-34)31-6-8-32(9-7-31)23-26-16-33(29-23)13-17-2-4-19(24)5-3-17/h2-5,10-12,14-16H,6-9,13H2,1H3. The minimum Gasteiger partial charge on any atom is -0.365 e. The van der Waals surface area contributed by atoms with Gasteiger partial charge in [0, 0.05) is 45.0 Å². The van der Waals surface area contributed by atoms with Gasteiger partial charge in [-0.1, -0.05) is 12.1 Å². The van der Waals surface area contributed by atoms with Crippen LogP contribution in [0.25, 0.3) is 16.8 Å². The highest BCUT2D eigenvalue weighted by Crippen LogP contribution is 2.25. The molecule has 0 atom stereocenters. The first-order valence-corrected chi connectivity index (χ1v) is 11.1. The summed E-state index contributed by atoms with van der Waals surface area (Å²) in [5.41, 5.74) is 4.82. The van der Waals surface area contributed by atoms with Crippen molar-refractivity contribution in [2.75, 3.05) is 36.0 Å². The first-order valence-electron chi connectivity index (χ1n) is 11.1. The van der Waals surface area contributed by atoms with Crippen molar-refractivity contribution in [1.82, 2.24) is 39.1 Å². The molecular formula is C23H23FN10. The number of hydrogen-bond donors (Lipinski definition) is 0. The number of piperazine rings is 1. The van der Waals surface area contributed by atoms with E-state index in [9.17, 15) is 4.39 Å². The summed E-state index contributed by atoms with van der Waals surface area (Å²) in [5, 5.41) is 13.4. The monoisotopic (exact) mass is 458 g/mol. The predicted molar refractivity (Wildman–Crippen MR) is 125 cm³/mol. The zero-order valence-electron chi connectivity index (χ0n) is 18.7. The summed E-state index contributed by atoms with van der Waals surface area (Å²) in [5.74, 6) is 0.473.